The minimum absolute atomic E-state index is 0.179. The van der Waals surface area contributed by atoms with Gasteiger partial charge in [-0.25, -0.2) is 0 Å². The van der Waals surface area contributed by atoms with E-state index in [0.717, 1.165) is 11.1 Å². The average Bonchev–Trinajstić information content (AvgIpc) is 3.66. The molecular weight excluding hydrogens is 580 g/mol. The number of ether oxygens (including phenoxy) is 3. The van der Waals surface area contributed by atoms with Gasteiger partial charge in [0, 0.05) is 11.3 Å². The van der Waals surface area contributed by atoms with E-state index in [1.54, 1.807) is 69.2 Å². The summed E-state index contributed by atoms with van der Waals surface area (Å²) in [5, 5.41) is 11.8. The molecule has 2 amide bonds. The summed E-state index contributed by atoms with van der Waals surface area (Å²) in [6.45, 7) is 1.96. The summed E-state index contributed by atoms with van der Waals surface area (Å²) in [4.78, 5) is 28.0. The standard InChI is InChI=1S/C33H30N4O6S/c1-22-10-13-25(14-11-22)35-31(38)21-43-27-9-5-4-7-24(27)18-30-32(39)37(20-26-8-6-16-42-26)33(44-30)36-34-19-23-12-15-28(40-2)29(17-23)41-3/h4-19H,20-21H2,1-3H3,(H,35,38)/b30-18-,34-19-,36-33+. The van der Waals surface area contributed by atoms with E-state index in [9.17, 15) is 9.59 Å². The van der Waals surface area contributed by atoms with Gasteiger partial charge in [-0.3, -0.25) is 14.5 Å². The number of methoxy groups -OCH3 is 2. The predicted octanol–water partition coefficient (Wildman–Crippen LogP) is 6.13. The number of aryl methyl sites for hydroxylation is 1. The number of amidine groups is 1. The second-order valence-electron chi connectivity index (χ2n) is 9.56. The van der Waals surface area contributed by atoms with E-state index in [0.29, 0.717) is 44.3 Å². The molecule has 1 aliphatic rings. The van der Waals surface area contributed by atoms with Crippen LogP contribution in [-0.4, -0.2) is 48.9 Å². The first-order valence-electron chi connectivity index (χ1n) is 13.6. The van der Waals surface area contributed by atoms with Gasteiger partial charge in [-0.2, -0.15) is 5.10 Å². The monoisotopic (exact) mass is 610 g/mol. The molecule has 1 N–H and O–H groups in total. The first-order chi connectivity index (χ1) is 21.4. The number of thioether (sulfide) groups is 1. The zero-order valence-electron chi connectivity index (χ0n) is 24.4. The molecule has 3 aromatic carbocycles. The number of anilines is 1. The lowest BCUT2D eigenvalue weighted by Crippen LogP contribution is -2.28. The Labute approximate surface area is 259 Å². The molecule has 0 saturated carbocycles. The molecule has 1 aromatic heterocycles. The van der Waals surface area contributed by atoms with Crippen LogP contribution in [0.1, 0.15) is 22.5 Å². The number of amides is 2. The molecule has 0 unspecified atom stereocenters. The summed E-state index contributed by atoms with van der Waals surface area (Å²) in [7, 11) is 3.13. The van der Waals surface area contributed by atoms with E-state index in [-0.39, 0.29) is 25.0 Å². The molecule has 0 atom stereocenters. The number of nitrogens with one attached hydrogen (secondary N) is 1. The molecule has 0 spiro atoms. The van der Waals surface area contributed by atoms with Gasteiger partial charge in [-0.05, 0) is 78.9 Å². The molecular formula is C33H30N4O6S. The Balaban J connectivity index is 1.34. The van der Waals surface area contributed by atoms with Gasteiger partial charge in [-0.1, -0.05) is 35.9 Å². The zero-order valence-corrected chi connectivity index (χ0v) is 25.2. The van der Waals surface area contributed by atoms with E-state index < -0.39 is 0 Å². The zero-order chi connectivity index (χ0) is 30.9. The molecule has 2 heterocycles. The number of carbonyl (C=O) groups excluding carboxylic acids is 2. The first kappa shape index (κ1) is 30.2. The van der Waals surface area contributed by atoms with Crippen LogP contribution in [0.2, 0.25) is 0 Å². The van der Waals surface area contributed by atoms with Gasteiger partial charge in [0.15, 0.2) is 23.3 Å². The van der Waals surface area contributed by atoms with Gasteiger partial charge >= 0.3 is 0 Å². The molecule has 224 valence electrons. The Morgan fingerprint density at radius 3 is 2.52 bits per heavy atom. The maximum atomic E-state index is 13.6. The quantitative estimate of drug-likeness (QED) is 0.123. The average molecular weight is 611 g/mol. The number of hydrogen-bond acceptors (Lipinski definition) is 9. The fourth-order valence-electron chi connectivity index (χ4n) is 4.21. The van der Waals surface area contributed by atoms with E-state index in [2.05, 4.69) is 15.5 Å². The molecule has 0 radical (unpaired) electrons. The second kappa shape index (κ2) is 14.3. The van der Waals surface area contributed by atoms with E-state index in [1.807, 2.05) is 49.4 Å². The smallest absolute Gasteiger partial charge is 0.267 e. The van der Waals surface area contributed by atoms with E-state index in [4.69, 9.17) is 18.6 Å². The Hall–Kier alpha value is -5.29. The van der Waals surface area contributed by atoms with Crippen LogP contribution in [0.3, 0.4) is 0 Å². The van der Waals surface area contributed by atoms with Crippen molar-refractivity contribution in [3.63, 3.8) is 0 Å². The van der Waals surface area contributed by atoms with Crippen LogP contribution in [0.4, 0.5) is 5.69 Å². The Bertz CT molecular complexity index is 1710. The van der Waals surface area contributed by atoms with Crippen LogP contribution in [0, 0.1) is 6.92 Å². The van der Waals surface area contributed by atoms with Crippen LogP contribution >= 0.6 is 11.8 Å². The Morgan fingerprint density at radius 1 is 0.977 bits per heavy atom. The van der Waals surface area contributed by atoms with Crippen molar-refractivity contribution in [2.45, 2.75) is 13.5 Å². The fourth-order valence-corrected chi connectivity index (χ4v) is 5.13. The summed E-state index contributed by atoms with van der Waals surface area (Å²) < 4.78 is 22.0. The summed E-state index contributed by atoms with van der Waals surface area (Å²) in [6.07, 6.45) is 4.84. The highest BCUT2D eigenvalue weighted by Crippen LogP contribution is 2.35. The van der Waals surface area contributed by atoms with Crippen molar-refractivity contribution >= 4 is 46.7 Å². The molecule has 0 aliphatic carbocycles. The van der Waals surface area contributed by atoms with Crippen molar-refractivity contribution in [3.8, 4) is 17.2 Å². The van der Waals surface area contributed by atoms with E-state index in [1.165, 1.54) is 16.7 Å². The maximum Gasteiger partial charge on any atom is 0.267 e. The molecule has 1 saturated heterocycles. The highest BCUT2D eigenvalue weighted by Gasteiger charge is 2.34. The fraction of sp³-hybridized carbons (Fsp3) is 0.152. The third-order valence-corrected chi connectivity index (χ3v) is 7.44. The van der Waals surface area contributed by atoms with Crippen molar-refractivity contribution in [3.05, 3.63) is 112 Å². The van der Waals surface area contributed by atoms with Crippen LogP contribution in [0.5, 0.6) is 17.2 Å². The number of nitrogens with zero attached hydrogens (tertiary/aromatic N) is 3. The van der Waals surface area contributed by atoms with Crippen LogP contribution in [-0.2, 0) is 16.1 Å². The lowest BCUT2D eigenvalue weighted by molar-refractivity contribution is -0.122. The SMILES string of the molecule is COc1ccc(/C=N\N=C2\S/C(=C\c3ccccc3OCC(=O)Nc3ccc(C)cc3)C(=O)N2Cc2ccco2)cc1OC. The Morgan fingerprint density at radius 2 is 1.77 bits per heavy atom. The molecule has 11 heteroatoms. The van der Waals surface area contributed by atoms with Crippen LogP contribution in [0.15, 0.2) is 105 Å². The third-order valence-electron chi connectivity index (χ3n) is 6.44. The number of benzene rings is 3. The second-order valence-corrected chi connectivity index (χ2v) is 10.6. The van der Waals surface area contributed by atoms with Crippen LogP contribution < -0.4 is 19.5 Å². The molecule has 1 aliphatic heterocycles. The van der Waals surface area contributed by atoms with E-state index >= 15 is 0 Å². The summed E-state index contributed by atoms with van der Waals surface area (Å²) in [5.41, 5.74) is 3.16. The summed E-state index contributed by atoms with van der Waals surface area (Å²) in [5.74, 6) is 1.66. The van der Waals surface area contributed by atoms with Gasteiger partial charge < -0.3 is 23.9 Å². The van der Waals surface area contributed by atoms with Crippen LogP contribution in [0.25, 0.3) is 6.08 Å². The van der Waals surface area contributed by atoms with Gasteiger partial charge in [0.25, 0.3) is 11.8 Å². The lowest BCUT2D eigenvalue weighted by atomic mass is 10.2. The van der Waals surface area contributed by atoms with Gasteiger partial charge in [0.2, 0.25) is 0 Å². The Kier molecular flexibility index (Phi) is 9.78. The molecule has 4 aromatic rings. The van der Waals surface area contributed by atoms with Crippen molar-refractivity contribution in [2.75, 3.05) is 26.1 Å². The lowest BCUT2D eigenvalue weighted by Gasteiger charge is -2.12. The first-order valence-corrected chi connectivity index (χ1v) is 14.4. The predicted molar refractivity (Wildman–Crippen MR) is 171 cm³/mol. The highest BCUT2D eigenvalue weighted by molar-refractivity contribution is 8.18. The maximum absolute atomic E-state index is 13.6. The normalized spacial score (nSPS) is 14.9. The minimum atomic E-state index is -0.297. The number of rotatable bonds is 11. The van der Waals surface area contributed by atoms with Crippen molar-refractivity contribution in [2.24, 2.45) is 10.2 Å². The number of carbonyl (C=O) groups is 2. The summed E-state index contributed by atoms with van der Waals surface area (Å²) in [6, 6.07) is 23.6. The number of hydrogen-bond donors (Lipinski definition) is 1. The largest absolute Gasteiger partial charge is 0.493 e. The molecule has 1 fully saturated rings. The molecule has 0 bridgehead atoms. The van der Waals surface area contributed by atoms with Gasteiger partial charge in [0.1, 0.15) is 11.5 Å². The van der Waals surface area contributed by atoms with Gasteiger partial charge in [0.05, 0.1) is 38.1 Å². The van der Waals surface area contributed by atoms with Crippen molar-refractivity contribution in [1.29, 1.82) is 0 Å². The molecule has 5 rings (SSSR count). The minimum Gasteiger partial charge on any atom is -0.493 e. The number of para-hydroxylation sites is 1. The third kappa shape index (κ3) is 7.56. The molecule has 44 heavy (non-hydrogen) atoms. The number of furan rings is 1. The van der Waals surface area contributed by atoms with Gasteiger partial charge in [-0.15, -0.1) is 5.10 Å². The van der Waals surface area contributed by atoms with Crippen molar-refractivity contribution in [1.82, 2.24) is 4.90 Å². The highest BCUT2D eigenvalue weighted by atomic mass is 32.2. The summed E-state index contributed by atoms with van der Waals surface area (Å²) >= 11 is 1.18. The topological polar surface area (TPSA) is 115 Å². The van der Waals surface area contributed by atoms with Crippen molar-refractivity contribution < 1.29 is 28.2 Å². The molecule has 10 nitrogen and oxygen atoms in total.